The first-order valence-corrected chi connectivity index (χ1v) is 14.1. The van der Waals surface area contributed by atoms with E-state index in [1.165, 1.54) is 6.07 Å². The zero-order valence-corrected chi connectivity index (χ0v) is 24.3. The van der Waals surface area contributed by atoms with Crippen LogP contribution >= 0.6 is 0 Å². The number of likely N-dealkylation sites (N-methyl/N-ethyl adjacent to an activating group) is 1. The number of nitrogens with one attached hydrogen (secondary N) is 4. The molecule has 14 heteroatoms. The maximum atomic E-state index is 13.7. The van der Waals surface area contributed by atoms with Crippen LogP contribution in [0.2, 0.25) is 0 Å². The van der Waals surface area contributed by atoms with Gasteiger partial charge in [0.1, 0.15) is 30.5 Å². The highest BCUT2D eigenvalue weighted by molar-refractivity contribution is 6.01. The smallest absolute Gasteiger partial charge is 0.255 e. The summed E-state index contributed by atoms with van der Waals surface area (Å²) < 4.78 is 5.78. The number of benzene rings is 1. The van der Waals surface area contributed by atoms with Gasteiger partial charge in [-0.05, 0) is 38.1 Å². The highest BCUT2D eigenvalue weighted by Gasteiger charge is 2.33. The van der Waals surface area contributed by atoms with Crippen molar-refractivity contribution in [1.82, 2.24) is 31.1 Å². The highest BCUT2D eigenvalue weighted by atomic mass is 16.5. The van der Waals surface area contributed by atoms with Gasteiger partial charge in [-0.25, -0.2) is 0 Å². The molecule has 0 unspecified atom stereocenters. The summed E-state index contributed by atoms with van der Waals surface area (Å²) in [5, 5.41) is 10.4. The first kappa shape index (κ1) is 32.3. The van der Waals surface area contributed by atoms with Crippen LogP contribution in [0, 0.1) is 5.92 Å². The largest absolute Gasteiger partial charge is 0.491 e. The number of nitrogens with zero attached hydrogens (tertiary/aromatic N) is 2. The van der Waals surface area contributed by atoms with E-state index < -0.39 is 66.4 Å². The van der Waals surface area contributed by atoms with Gasteiger partial charge < -0.3 is 41.5 Å². The second-order valence-electron chi connectivity index (χ2n) is 10.9. The van der Waals surface area contributed by atoms with Gasteiger partial charge in [0.05, 0.1) is 24.9 Å². The molecule has 1 saturated heterocycles. The molecule has 2 aliphatic heterocycles. The lowest BCUT2D eigenvalue weighted by atomic mass is 10.0. The Hall–Kier alpha value is -4.20. The van der Waals surface area contributed by atoms with Gasteiger partial charge in [-0.2, -0.15) is 0 Å². The Kier molecular flexibility index (Phi) is 11.7. The van der Waals surface area contributed by atoms with E-state index in [2.05, 4.69) is 26.2 Å². The second-order valence-corrected chi connectivity index (χ2v) is 10.9. The number of hydrogen-bond acceptors (Lipinski definition) is 8. The van der Waals surface area contributed by atoms with Crippen molar-refractivity contribution in [2.75, 3.05) is 46.4 Å². The molecule has 0 aliphatic carbocycles. The van der Waals surface area contributed by atoms with E-state index in [1.807, 2.05) is 7.05 Å². The number of amides is 6. The zero-order chi connectivity index (χ0) is 30.8. The molecule has 3 rings (SSSR count). The van der Waals surface area contributed by atoms with Crippen LogP contribution < -0.4 is 31.7 Å². The second kappa shape index (κ2) is 15.1. The average molecular weight is 588 g/mol. The SMILES string of the molecule is CC(C)[C@H]1NC(=O)[C@H](CC(N)=O)NC(=O)C[C@@H](C(=O)N2CCCN(C)CC2)NC(=O)c2ccccc2OCCNC1=O. The number of carbonyl (C=O) groups excluding carboxylic acids is 6. The van der Waals surface area contributed by atoms with Gasteiger partial charge in [0.2, 0.25) is 29.5 Å². The topological polar surface area (TPSA) is 192 Å². The predicted molar refractivity (Wildman–Crippen MR) is 152 cm³/mol. The van der Waals surface area contributed by atoms with E-state index in [0.29, 0.717) is 19.6 Å². The molecular formula is C28H41N7O7. The molecule has 1 fully saturated rings. The summed E-state index contributed by atoms with van der Waals surface area (Å²) in [6.45, 7) is 5.83. The summed E-state index contributed by atoms with van der Waals surface area (Å²) in [6.07, 6.45) is -0.318. The minimum absolute atomic E-state index is 0.0167. The molecule has 1 aromatic rings. The van der Waals surface area contributed by atoms with Crippen molar-refractivity contribution < 1.29 is 33.5 Å². The molecule has 0 aromatic heterocycles. The van der Waals surface area contributed by atoms with E-state index >= 15 is 0 Å². The van der Waals surface area contributed by atoms with Crippen LogP contribution in [0.5, 0.6) is 5.75 Å². The molecule has 42 heavy (non-hydrogen) atoms. The molecule has 230 valence electrons. The Morgan fingerprint density at radius 3 is 2.45 bits per heavy atom. The molecule has 6 N–H and O–H groups in total. The van der Waals surface area contributed by atoms with E-state index in [1.54, 1.807) is 36.9 Å². The summed E-state index contributed by atoms with van der Waals surface area (Å²) in [4.78, 5) is 81.8. The first-order valence-electron chi connectivity index (χ1n) is 14.1. The molecule has 6 amide bonds. The van der Waals surface area contributed by atoms with Crippen LogP contribution in [0.1, 0.15) is 43.5 Å². The summed E-state index contributed by atoms with van der Waals surface area (Å²) in [7, 11) is 1.95. The van der Waals surface area contributed by atoms with Gasteiger partial charge in [-0.3, -0.25) is 28.8 Å². The van der Waals surface area contributed by atoms with Crippen LogP contribution in [0.4, 0.5) is 0 Å². The van der Waals surface area contributed by atoms with E-state index in [-0.39, 0.29) is 30.4 Å². The van der Waals surface area contributed by atoms with Crippen molar-refractivity contribution in [1.29, 1.82) is 0 Å². The fourth-order valence-electron chi connectivity index (χ4n) is 4.79. The Morgan fingerprint density at radius 2 is 1.74 bits per heavy atom. The number of primary amides is 1. The van der Waals surface area contributed by atoms with Crippen LogP contribution in [-0.2, 0) is 24.0 Å². The van der Waals surface area contributed by atoms with E-state index in [0.717, 1.165) is 13.0 Å². The fraction of sp³-hybridized carbons (Fsp3) is 0.571. The molecule has 2 heterocycles. The summed E-state index contributed by atoms with van der Waals surface area (Å²) in [5.74, 6) is -4.08. The molecule has 0 saturated carbocycles. The van der Waals surface area contributed by atoms with Crippen molar-refractivity contribution in [3.05, 3.63) is 29.8 Å². The van der Waals surface area contributed by atoms with Crippen LogP contribution in [0.25, 0.3) is 0 Å². The van der Waals surface area contributed by atoms with Gasteiger partial charge in [-0.1, -0.05) is 26.0 Å². The lowest BCUT2D eigenvalue weighted by Crippen LogP contribution is -2.57. The molecule has 0 bridgehead atoms. The van der Waals surface area contributed by atoms with E-state index in [4.69, 9.17) is 10.5 Å². The summed E-state index contributed by atoms with van der Waals surface area (Å²) in [5.41, 5.74) is 5.49. The molecule has 14 nitrogen and oxygen atoms in total. The summed E-state index contributed by atoms with van der Waals surface area (Å²) >= 11 is 0. The number of rotatable bonds is 4. The zero-order valence-electron chi connectivity index (χ0n) is 24.3. The number of ether oxygens (including phenoxy) is 1. The third-order valence-corrected chi connectivity index (χ3v) is 7.12. The Bertz CT molecular complexity index is 1180. The third-order valence-electron chi connectivity index (χ3n) is 7.12. The summed E-state index contributed by atoms with van der Waals surface area (Å²) in [6, 6.07) is 2.78. The van der Waals surface area contributed by atoms with Crippen molar-refractivity contribution in [2.45, 2.75) is 51.2 Å². The molecule has 1 aromatic carbocycles. The number of fused-ring (bicyclic) bond motifs is 1. The minimum Gasteiger partial charge on any atom is -0.491 e. The van der Waals surface area contributed by atoms with Crippen molar-refractivity contribution in [3.8, 4) is 5.75 Å². The maximum Gasteiger partial charge on any atom is 0.255 e. The van der Waals surface area contributed by atoms with Gasteiger partial charge in [0, 0.05) is 19.6 Å². The van der Waals surface area contributed by atoms with Gasteiger partial charge in [0.15, 0.2) is 0 Å². The predicted octanol–water partition coefficient (Wildman–Crippen LogP) is -1.65. The molecule has 0 radical (unpaired) electrons. The lowest BCUT2D eigenvalue weighted by Gasteiger charge is -2.28. The van der Waals surface area contributed by atoms with Gasteiger partial charge >= 0.3 is 0 Å². The maximum absolute atomic E-state index is 13.7. The Labute approximate surface area is 245 Å². The number of carbonyl (C=O) groups is 6. The van der Waals surface area contributed by atoms with Crippen LogP contribution in [0.3, 0.4) is 0 Å². The first-order chi connectivity index (χ1) is 20.0. The van der Waals surface area contributed by atoms with E-state index in [9.17, 15) is 28.8 Å². The molecular weight excluding hydrogens is 546 g/mol. The molecule has 3 atom stereocenters. The molecule has 2 aliphatic rings. The van der Waals surface area contributed by atoms with Crippen LogP contribution in [-0.4, -0.2) is 110 Å². The monoisotopic (exact) mass is 587 g/mol. The number of hydrogen-bond donors (Lipinski definition) is 5. The standard InChI is InChI=1S/C28H41N7O7/c1-17(2)24-27(40)30-9-14-42-21-8-5-4-7-18(21)25(38)32-20(28(41)35-11-6-10-34(3)12-13-35)16-23(37)31-19(15-22(29)36)26(39)33-24/h4-5,7-8,17,19-20,24H,6,9-16H2,1-3H3,(H2,29,36)(H,30,40)(H,31,37)(H,32,38)(H,33,39)/t19-,20-,24+/m0/s1. The quantitative estimate of drug-likeness (QED) is 0.277. The average Bonchev–Trinajstić information content (AvgIpc) is 3.16. The van der Waals surface area contributed by atoms with Crippen LogP contribution in [0.15, 0.2) is 24.3 Å². The normalized spacial score (nSPS) is 23.7. The minimum atomic E-state index is -1.40. The van der Waals surface area contributed by atoms with Gasteiger partial charge in [-0.15, -0.1) is 0 Å². The van der Waals surface area contributed by atoms with Crippen molar-refractivity contribution in [3.63, 3.8) is 0 Å². The number of nitrogens with two attached hydrogens (primary N) is 1. The fourth-order valence-corrected chi connectivity index (χ4v) is 4.79. The Balaban J connectivity index is 1.95. The van der Waals surface area contributed by atoms with Gasteiger partial charge in [0.25, 0.3) is 5.91 Å². The lowest BCUT2D eigenvalue weighted by molar-refractivity contribution is -0.137. The van der Waals surface area contributed by atoms with Crippen molar-refractivity contribution >= 4 is 35.4 Å². The number of para-hydroxylation sites is 1. The highest BCUT2D eigenvalue weighted by Crippen LogP contribution is 2.19. The molecule has 0 spiro atoms. The Morgan fingerprint density at radius 1 is 1.00 bits per heavy atom. The van der Waals surface area contributed by atoms with Crippen molar-refractivity contribution in [2.24, 2.45) is 11.7 Å². The third kappa shape index (κ3) is 9.16.